The Bertz CT molecular complexity index is 1420. The van der Waals surface area contributed by atoms with E-state index >= 15 is 0 Å². The zero-order valence-electron chi connectivity index (χ0n) is 17.4. The first-order valence-corrected chi connectivity index (χ1v) is 12.4. The molecule has 0 atom stereocenters. The topological polar surface area (TPSA) is 105 Å². The number of nitrogens with one attached hydrogen (secondary N) is 1. The van der Waals surface area contributed by atoms with E-state index in [0.717, 1.165) is 0 Å². The van der Waals surface area contributed by atoms with Crippen molar-refractivity contribution >= 4 is 66.9 Å². The van der Waals surface area contributed by atoms with Crippen molar-refractivity contribution in [2.45, 2.75) is 4.90 Å². The molecule has 3 rings (SSSR count). The van der Waals surface area contributed by atoms with E-state index in [1.807, 2.05) is 6.07 Å². The summed E-state index contributed by atoms with van der Waals surface area (Å²) in [6.07, 6.45) is 1.33. The standard InChI is InChI=1S/C23H15BrCl2N2O5S/c1-32-16-6-8-17(9-7-16)34(30,31)33-21-10-5-14(12-18(21)24)11-15(13-27)23(29)28-20-4-2-3-19(25)22(20)26/h2-12H,1H3,(H,28,29)/b15-11+. The van der Waals surface area contributed by atoms with Crippen molar-refractivity contribution in [3.05, 3.63) is 86.3 Å². The molecule has 0 fully saturated rings. The fourth-order valence-corrected chi connectivity index (χ4v) is 4.57. The molecule has 174 valence electrons. The van der Waals surface area contributed by atoms with Crippen molar-refractivity contribution in [2.75, 3.05) is 12.4 Å². The molecule has 1 amide bonds. The second-order valence-electron chi connectivity index (χ2n) is 6.63. The van der Waals surface area contributed by atoms with Crippen LogP contribution < -0.4 is 14.2 Å². The average molecular weight is 582 g/mol. The molecule has 0 aliphatic carbocycles. The second kappa shape index (κ2) is 10.9. The number of methoxy groups -OCH3 is 1. The first kappa shape index (κ1) is 25.6. The van der Waals surface area contributed by atoms with Crippen molar-refractivity contribution in [1.82, 2.24) is 0 Å². The van der Waals surface area contributed by atoms with E-state index in [1.54, 1.807) is 18.2 Å². The van der Waals surface area contributed by atoms with E-state index in [-0.39, 0.29) is 32.0 Å². The second-order valence-corrected chi connectivity index (χ2v) is 9.81. The molecule has 0 spiro atoms. The molecule has 0 unspecified atom stereocenters. The molecule has 11 heteroatoms. The molecule has 0 radical (unpaired) electrons. The third kappa shape index (κ3) is 6.10. The summed E-state index contributed by atoms with van der Waals surface area (Å²) in [7, 11) is -2.62. The summed E-state index contributed by atoms with van der Waals surface area (Å²) in [5.74, 6) is -0.155. The maximum atomic E-state index is 12.6. The van der Waals surface area contributed by atoms with Gasteiger partial charge in [0.2, 0.25) is 0 Å². The van der Waals surface area contributed by atoms with Gasteiger partial charge in [-0.25, -0.2) is 0 Å². The van der Waals surface area contributed by atoms with Crippen LogP contribution in [0.25, 0.3) is 6.08 Å². The van der Waals surface area contributed by atoms with Gasteiger partial charge in [-0.3, -0.25) is 4.79 Å². The van der Waals surface area contributed by atoms with Crippen LogP contribution in [-0.2, 0) is 14.9 Å². The summed E-state index contributed by atoms with van der Waals surface area (Å²) in [4.78, 5) is 12.5. The summed E-state index contributed by atoms with van der Waals surface area (Å²) < 4.78 is 35.7. The van der Waals surface area contributed by atoms with Crippen LogP contribution in [0.15, 0.2) is 75.6 Å². The lowest BCUT2D eigenvalue weighted by Crippen LogP contribution is -2.13. The van der Waals surface area contributed by atoms with Crippen LogP contribution in [-0.4, -0.2) is 21.4 Å². The SMILES string of the molecule is COc1ccc(S(=O)(=O)Oc2ccc(/C=C(\C#N)C(=O)Nc3cccc(Cl)c3Cl)cc2Br)cc1. The molecule has 7 nitrogen and oxygen atoms in total. The lowest BCUT2D eigenvalue weighted by Gasteiger charge is -2.10. The van der Waals surface area contributed by atoms with Crippen molar-refractivity contribution < 1.29 is 22.1 Å². The minimum atomic E-state index is -4.10. The molecular formula is C23H15BrCl2N2O5S. The molecule has 0 aromatic heterocycles. The quantitative estimate of drug-likeness (QED) is 0.206. The van der Waals surface area contributed by atoms with Crippen LogP contribution in [0, 0.1) is 11.3 Å². The van der Waals surface area contributed by atoms with Crippen LogP contribution in [0.1, 0.15) is 5.56 Å². The van der Waals surface area contributed by atoms with Gasteiger partial charge in [0.1, 0.15) is 22.3 Å². The number of carbonyl (C=O) groups excluding carboxylic acids is 1. The van der Waals surface area contributed by atoms with Gasteiger partial charge < -0.3 is 14.2 Å². The van der Waals surface area contributed by atoms with Gasteiger partial charge in [-0.1, -0.05) is 35.3 Å². The maximum Gasteiger partial charge on any atom is 0.339 e. The number of hydrogen-bond acceptors (Lipinski definition) is 6. The number of rotatable bonds is 7. The van der Waals surface area contributed by atoms with E-state index in [9.17, 15) is 18.5 Å². The Balaban J connectivity index is 1.80. The van der Waals surface area contributed by atoms with Crippen LogP contribution in [0.3, 0.4) is 0 Å². The van der Waals surface area contributed by atoms with Crippen LogP contribution >= 0.6 is 39.1 Å². The van der Waals surface area contributed by atoms with Gasteiger partial charge in [-0.05, 0) is 76.1 Å². The highest BCUT2D eigenvalue weighted by Gasteiger charge is 2.19. The van der Waals surface area contributed by atoms with E-state index < -0.39 is 16.0 Å². The normalized spacial score (nSPS) is 11.4. The smallest absolute Gasteiger partial charge is 0.339 e. The minimum absolute atomic E-state index is 0.0293. The fraction of sp³-hybridized carbons (Fsp3) is 0.0435. The maximum absolute atomic E-state index is 12.6. The van der Waals surface area contributed by atoms with Crippen LogP contribution in [0.4, 0.5) is 5.69 Å². The summed E-state index contributed by atoms with van der Waals surface area (Å²) >= 11 is 15.3. The van der Waals surface area contributed by atoms with Gasteiger partial charge in [-0.15, -0.1) is 0 Å². The van der Waals surface area contributed by atoms with E-state index in [4.69, 9.17) is 32.1 Å². The number of anilines is 1. The molecule has 0 saturated heterocycles. The largest absolute Gasteiger partial charge is 0.497 e. The first-order chi connectivity index (χ1) is 16.1. The monoisotopic (exact) mass is 580 g/mol. The fourth-order valence-electron chi connectivity index (χ4n) is 2.69. The molecule has 3 aromatic rings. The Morgan fingerprint density at radius 3 is 2.44 bits per heavy atom. The molecule has 0 heterocycles. The third-order valence-electron chi connectivity index (χ3n) is 4.38. The van der Waals surface area contributed by atoms with Crippen molar-refractivity contribution in [3.8, 4) is 17.6 Å². The molecule has 0 saturated carbocycles. The van der Waals surface area contributed by atoms with Gasteiger partial charge in [0.25, 0.3) is 5.91 Å². The highest BCUT2D eigenvalue weighted by Crippen LogP contribution is 2.31. The van der Waals surface area contributed by atoms with Crippen LogP contribution in [0.5, 0.6) is 11.5 Å². The predicted molar refractivity (Wildman–Crippen MR) is 134 cm³/mol. The Labute approximate surface area is 214 Å². The molecule has 1 N–H and O–H groups in total. The number of halogens is 3. The Morgan fingerprint density at radius 1 is 1.12 bits per heavy atom. The van der Waals surface area contributed by atoms with Gasteiger partial charge in [0.15, 0.2) is 5.75 Å². The lowest BCUT2D eigenvalue weighted by atomic mass is 10.1. The molecule has 34 heavy (non-hydrogen) atoms. The Hall–Kier alpha value is -3.03. The molecule has 0 aliphatic rings. The average Bonchev–Trinajstić information content (AvgIpc) is 2.82. The van der Waals surface area contributed by atoms with Gasteiger partial charge >= 0.3 is 10.1 Å². The molecular weight excluding hydrogens is 567 g/mol. The molecule has 3 aromatic carbocycles. The van der Waals surface area contributed by atoms with E-state index in [2.05, 4.69) is 21.2 Å². The van der Waals surface area contributed by atoms with Gasteiger partial charge in [0, 0.05) is 0 Å². The summed E-state index contributed by atoms with van der Waals surface area (Å²) in [5, 5.41) is 12.4. The summed E-state index contributed by atoms with van der Waals surface area (Å²) in [6, 6.07) is 16.7. The van der Waals surface area contributed by atoms with Crippen LogP contribution in [0.2, 0.25) is 10.0 Å². The van der Waals surface area contributed by atoms with E-state index in [1.165, 1.54) is 55.7 Å². The van der Waals surface area contributed by atoms with Crippen molar-refractivity contribution in [3.63, 3.8) is 0 Å². The highest BCUT2D eigenvalue weighted by atomic mass is 79.9. The number of amides is 1. The summed E-state index contributed by atoms with van der Waals surface area (Å²) in [5.41, 5.74) is 0.501. The zero-order chi connectivity index (χ0) is 24.9. The third-order valence-corrected chi connectivity index (χ3v) is 7.07. The first-order valence-electron chi connectivity index (χ1n) is 9.40. The number of nitriles is 1. The number of ether oxygens (including phenoxy) is 1. The molecule has 0 aliphatic heterocycles. The molecule has 0 bridgehead atoms. The van der Waals surface area contributed by atoms with Gasteiger partial charge in [0.05, 0.1) is 27.3 Å². The van der Waals surface area contributed by atoms with Crippen molar-refractivity contribution in [2.24, 2.45) is 0 Å². The summed E-state index contributed by atoms with van der Waals surface area (Å²) in [6.45, 7) is 0. The minimum Gasteiger partial charge on any atom is -0.497 e. The predicted octanol–water partition coefficient (Wildman–Crippen LogP) is 6.08. The van der Waals surface area contributed by atoms with Crippen molar-refractivity contribution in [1.29, 1.82) is 5.26 Å². The number of carbonyl (C=O) groups is 1. The Kier molecular flexibility index (Phi) is 8.23. The van der Waals surface area contributed by atoms with E-state index in [0.29, 0.717) is 15.8 Å². The number of benzene rings is 3. The highest BCUT2D eigenvalue weighted by molar-refractivity contribution is 9.10. The number of hydrogen-bond donors (Lipinski definition) is 1. The lowest BCUT2D eigenvalue weighted by molar-refractivity contribution is -0.112. The zero-order valence-corrected chi connectivity index (χ0v) is 21.3. The van der Waals surface area contributed by atoms with Gasteiger partial charge in [-0.2, -0.15) is 13.7 Å². The Morgan fingerprint density at radius 2 is 1.82 bits per heavy atom. The number of nitrogens with zero attached hydrogens (tertiary/aromatic N) is 1.